The zero-order valence-corrected chi connectivity index (χ0v) is 12.3. The third-order valence-electron chi connectivity index (χ3n) is 3.46. The van der Waals surface area contributed by atoms with Gasteiger partial charge in [-0.3, -0.25) is 4.68 Å². The number of hydrogen-bond acceptors (Lipinski definition) is 5. The minimum absolute atomic E-state index is 0.00316. The Morgan fingerprint density at radius 2 is 2.14 bits per heavy atom. The van der Waals surface area contributed by atoms with Gasteiger partial charge in [0.15, 0.2) is 17.2 Å². The average Bonchev–Trinajstić information content (AvgIpc) is 2.85. The maximum atomic E-state index is 11.0. The van der Waals surface area contributed by atoms with E-state index in [-0.39, 0.29) is 11.8 Å². The molecule has 0 unspecified atom stereocenters. The van der Waals surface area contributed by atoms with Crippen molar-refractivity contribution in [2.75, 3.05) is 20.3 Å². The molecule has 0 saturated carbocycles. The van der Waals surface area contributed by atoms with Crippen molar-refractivity contribution in [3.8, 4) is 22.8 Å². The van der Waals surface area contributed by atoms with Crippen LogP contribution in [0.25, 0.3) is 11.3 Å². The van der Waals surface area contributed by atoms with Crippen LogP contribution < -0.4 is 9.47 Å². The number of rotatable bonds is 5. The van der Waals surface area contributed by atoms with E-state index in [1.54, 1.807) is 26.3 Å². The molecule has 1 saturated heterocycles. The summed E-state index contributed by atoms with van der Waals surface area (Å²) >= 11 is 0. The molecule has 7 heteroatoms. The lowest BCUT2D eigenvalue weighted by Crippen LogP contribution is -2.38. The summed E-state index contributed by atoms with van der Waals surface area (Å²) in [5, 5.41) is 13.0. The van der Waals surface area contributed by atoms with E-state index in [1.165, 1.54) is 10.7 Å². The Morgan fingerprint density at radius 3 is 2.68 bits per heavy atom. The second-order valence-corrected chi connectivity index (χ2v) is 4.99. The number of carboxylic acid groups (broad SMARTS) is 1. The monoisotopic (exact) mass is 304 g/mol. The van der Waals surface area contributed by atoms with E-state index < -0.39 is 5.97 Å². The number of aryl methyl sites for hydroxylation is 1. The van der Waals surface area contributed by atoms with Crippen LogP contribution in [0.5, 0.6) is 11.5 Å². The molecule has 1 aromatic carbocycles. The van der Waals surface area contributed by atoms with Crippen LogP contribution >= 0.6 is 0 Å². The lowest BCUT2D eigenvalue weighted by Gasteiger charge is -2.27. The van der Waals surface area contributed by atoms with Crippen molar-refractivity contribution in [1.29, 1.82) is 0 Å². The molecule has 0 aliphatic carbocycles. The average molecular weight is 304 g/mol. The van der Waals surface area contributed by atoms with Gasteiger partial charge in [-0.05, 0) is 24.3 Å². The minimum atomic E-state index is -1.06. The molecule has 2 heterocycles. The number of aromatic carboxylic acids is 1. The molecule has 1 aliphatic heterocycles. The van der Waals surface area contributed by atoms with Crippen molar-refractivity contribution in [2.24, 2.45) is 7.05 Å². The maximum absolute atomic E-state index is 11.0. The van der Waals surface area contributed by atoms with Gasteiger partial charge in [0.05, 0.1) is 26.0 Å². The summed E-state index contributed by atoms with van der Waals surface area (Å²) in [4.78, 5) is 11.0. The normalized spacial score (nSPS) is 14.5. The van der Waals surface area contributed by atoms with Crippen molar-refractivity contribution < 1.29 is 24.1 Å². The first-order valence-corrected chi connectivity index (χ1v) is 6.78. The summed E-state index contributed by atoms with van der Waals surface area (Å²) in [6.45, 7) is 1.16. The van der Waals surface area contributed by atoms with Crippen molar-refractivity contribution in [3.63, 3.8) is 0 Å². The van der Waals surface area contributed by atoms with E-state index in [1.807, 2.05) is 6.07 Å². The van der Waals surface area contributed by atoms with Crippen LogP contribution in [0.4, 0.5) is 0 Å². The Morgan fingerprint density at radius 1 is 1.36 bits per heavy atom. The van der Waals surface area contributed by atoms with Crippen molar-refractivity contribution >= 4 is 5.97 Å². The molecule has 0 radical (unpaired) electrons. The molecule has 2 aromatic rings. The van der Waals surface area contributed by atoms with Gasteiger partial charge in [-0.25, -0.2) is 4.79 Å². The summed E-state index contributed by atoms with van der Waals surface area (Å²) in [6, 6.07) is 6.98. The van der Waals surface area contributed by atoms with Crippen LogP contribution in [0, 0.1) is 0 Å². The Bertz CT molecular complexity index is 706. The number of ether oxygens (including phenoxy) is 3. The quantitative estimate of drug-likeness (QED) is 0.903. The Balaban J connectivity index is 1.92. The van der Waals surface area contributed by atoms with Crippen molar-refractivity contribution in [2.45, 2.75) is 6.10 Å². The molecule has 3 rings (SSSR count). The summed E-state index contributed by atoms with van der Waals surface area (Å²) in [5.41, 5.74) is 1.49. The Labute approximate surface area is 127 Å². The zero-order chi connectivity index (χ0) is 15.7. The number of methoxy groups -OCH3 is 1. The molecule has 0 amide bonds. The van der Waals surface area contributed by atoms with Crippen LogP contribution in [0.15, 0.2) is 24.3 Å². The first kappa shape index (κ1) is 14.4. The third kappa shape index (κ3) is 2.62. The van der Waals surface area contributed by atoms with E-state index in [4.69, 9.17) is 19.3 Å². The molecule has 1 N–H and O–H groups in total. The van der Waals surface area contributed by atoms with E-state index in [0.29, 0.717) is 30.4 Å². The molecule has 22 heavy (non-hydrogen) atoms. The van der Waals surface area contributed by atoms with Crippen LogP contribution in [-0.2, 0) is 11.8 Å². The second kappa shape index (κ2) is 5.69. The number of hydrogen-bond donors (Lipinski definition) is 1. The van der Waals surface area contributed by atoms with Gasteiger partial charge in [-0.15, -0.1) is 0 Å². The van der Waals surface area contributed by atoms with E-state index in [9.17, 15) is 4.79 Å². The van der Waals surface area contributed by atoms with E-state index in [2.05, 4.69) is 5.10 Å². The Hall–Kier alpha value is -2.54. The maximum Gasteiger partial charge on any atom is 0.356 e. The first-order valence-electron chi connectivity index (χ1n) is 6.78. The van der Waals surface area contributed by atoms with Crippen molar-refractivity contribution in [1.82, 2.24) is 9.78 Å². The predicted molar refractivity (Wildman–Crippen MR) is 77.4 cm³/mol. The molecular formula is C15H16N2O5. The van der Waals surface area contributed by atoms with Gasteiger partial charge >= 0.3 is 5.97 Å². The van der Waals surface area contributed by atoms with E-state index in [0.717, 1.165) is 5.56 Å². The third-order valence-corrected chi connectivity index (χ3v) is 3.46. The van der Waals surface area contributed by atoms with Crippen LogP contribution in [0.2, 0.25) is 0 Å². The number of benzene rings is 1. The number of nitrogens with zero attached hydrogens (tertiary/aromatic N) is 2. The fraction of sp³-hybridized carbons (Fsp3) is 0.333. The zero-order valence-electron chi connectivity index (χ0n) is 12.3. The molecule has 1 aromatic heterocycles. The second-order valence-electron chi connectivity index (χ2n) is 4.99. The van der Waals surface area contributed by atoms with Gasteiger partial charge in [0.2, 0.25) is 0 Å². The van der Waals surface area contributed by atoms with Gasteiger partial charge in [-0.1, -0.05) is 0 Å². The summed E-state index contributed by atoms with van der Waals surface area (Å²) < 4.78 is 17.7. The lowest BCUT2D eigenvalue weighted by molar-refractivity contribution is -0.0803. The van der Waals surface area contributed by atoms with Gasteiger partial charge in [-0.2, -0.15) is 5.10 Å². The standard InChI is InChI=1S/C15H16N2O5/c1-17-12(6-11(16-17)15(18)19)9-3-4-13(14(5-9)20-2)22-10-7-21-8-10/h3-6,10H,7-8H2,1-2H3,(H,18,19). The highest BCUT2D eigenvalue weighted by molar-refractivity contribution is 5.87. The fourth-order valence-corrected chi connectivity index (χ4v) is 2.23. The lowest BCUT2D eigenvalue weighted by atomic mass is 10.1. The van der Waals surface area contributed by atoms with Gasteiger partial charge in [0.25, 0.3) is 0 Å². The van der Waals surface area contributed by atoms with E-state index >= 15 is 0 Å². The Kier molecular flexibility index (Phi) is 3.72. The first-order chi connectivity index (χ1) is 10.6. The number of carboxylic acids is 1. The predicted octanol–water partition coefficient (Wildman–Crippen LogP) is 1.57. The molecule has 0 bridgehead atoms. The number of carbonyl (C=O) groups is 1. The van der Waals surface area contributed by atoms with Crippen LogP contribution in [0.3, 0.4) is 0 Å². The summed E-state index contributed by atoms with van der Waals surface area (Å²) in [5.74, 6) is 0.168. The highest BCUT2D eigenvalue weighted by atomic mass is 16.6. The molecule has 0 spiro atoms. The molecular weight excluding hydrogens is 288 g/mol. The minimum Gasteiger partial charge on any atom is -0.493 e. The van der Waals surface area contributed by atoms with Crippen molar-refractivity contribution in [3.05, 3.63) is 30.0 Å². The highest BCUT2D eigenvalue weighted by Gasteiger charge is 2.22. The van der Waals surface area contributed by atoms with Gasteiger partial charge < -0.3 is 19.3 Å². The number of aromatic nitrogens is 2. The largest absolute Gasteiger partial charge is 0.493 e. The van der Waals surface area contributed by atoms with Gasteiger partial charge in [0.1, 0.15) is 6.10 Å². The van der Waals surface area contributed by atoms with Crippen LogP contribution in [0.1, 0.15) is 10.5 Å². The van der Waals surface area contributed by atoms with Gasteiger partial charge in [0, 0.05) is 12.6 Å². The molecule has 1 aliphatic rings. The van der Waals surface area contributed by atoms with Crippen LogP contribution in [-0.4, -0.2) is 47.3 Å². The molecule has 116 valence electrons. The summed E-state index contributed by atoms with van der Waals surface area (Å²) in [7, 11) is 3.26. The molecule has 0 atom stereocenters. The highest BCUT2D eigenvalue weighted by Crippen LogP contribution is 2.33. The molecule has 7 nitrogen and oxygen atoms in total. The fourth-order valence-electron chi connectivity index (χ4n) is 2.23. The molecule has 1 fully saturated rings. The topological polar surface area (TPSA) is 82.8 Å². The smallest absolute Gasteiger partial charge is 0.356 e. The SMILES string of the molecule is COc1cc(-c2cc(C(=O)O)nn2C)ccc1OC1COC1. The summed E-state index contributed by atoms with van der Waals surface area (Å²) in [6.07, 6.45) is 0.0510.